The summed E-state index contributed by atoms with van der Waals surface area (Å²) in [6.07, 6.45) is 2.58. The number of aryl methyl sites for hydroxylation is 2. The molecule has 1 fully saturated rings. The zero-order valence-electron chi connectivity index (χ0n) is 11.6. The fourth-order valence-electron chi connectivity index (χ4n) is 3.03. The van der Waals surface area contributed by atoms with E-state index in [-0.39, 0.29) is 0 Å². The van der Waals surface area contributed by atoms with E-state index < -0.39 is 0 Å². The SMILES string of the molecule is Cc1ccc(CC2(CC(C)C)CNC2)cc1C. The Morgan fingerprint density at radius 3 is 2.35 bits per heavy atom. The van der Waals surface area contributed by atoms with Gasteiger partial charge in [0.05, 0.1) is 0 Å². The van der Waals surface area contributed by atoms with Gasteiger partial charge in [0.2, 0.25) is 0 Å². The number of nitrogens with one attached hydrogen (secondary N) is 1. The van der Waals surface area contributed by atoms with Crippen LogP contribution in [0.5, 0.6) is 0 Å². The van der Waals surface area contributed by atoms with Gasteiger partial charge in [-0.15, -0.1) is 0 Å². The molecule has 1 nitrogen and oxygen atoms in total. The van der Waals surface area contributed by atoms with Gasteiger partial charge in [0.25, 0.3) is 0 Å². The molecular formula is C16H25N. The summed E-state index contributed by atoms with van der Waals surface area (Å²) in [6, 6.07) is 6.94. The Kier molecular flexibility index (Phi) is 3.58. The normalized spacial score (nSPS) is 18.2. The first kappa shape index (κ1) is 12.6. The molecule has 0 spiro atoms. The Morgan fingerprint density at radius 2 is 1.88 bits per heavy atom. The van der Waals surface area contributed by atoms with Crippen LogP contribution < -0.4 is 5.32 Å². The highest BCUT2D eigenvalue weighted by Gasteiger charge is 2.37. The maximum absolute atomic E-state index is 3.45. The van der Waals surface area contributed by atoms with Crippen molar-refractivity contribution < 1.29 is 0 Å². The van der Waals surface area contributed by atoms with E-state index in [0.717, 1.165) is 5.92 Å². The van der Waals surface area contributed by atoms with E-state index >= 15 is 0 Å². The minimum absolute atomic E-state index is 0.524. The molecule has 0 radical (unpaired) electrons. The maximum Gasteiger partial charge on any atom is 0.00235 e. The topological polar surface area (TPSA) is 12.0 Å². The minimum Gasteiger partial charge on any atom is -0.316 e. The van der Waals surface area contributed by atoms with E-state index in [1.54, 1.807) is 0 Å². The highest BCUT2D eigenvalue weighted by atomic mass is 15.0. The largest absolute Gasteiger partial charge is 0.316 e. The Morgan fingerprint density at radius 1 is 1.18 bits per heavy atom. The summed E-state index contributed by atoms with van der Waals surface area (Å²) in [5.41, 5.74) is 4.86. The summed E-state index contributed by atoms with van der Waals surface area (Å²) in [5.74, 6) is 0.795. The number of hydrogen-bond donors (Lipinski definition) is 1. The van der Waals surface area contributed by atoms with Crippen LogP contribution in [-0.4, -0.2) is 13.1 Å². The standard InChI is InChI=1S/C16H25N/c1-12(2)8-16(10-17-11-16)9-15-6-5-13(3)14(4)7-15/h5-7,12,17H,8-11H2,1-4H3. The average molecular weight is 231 g/mol. The first-order chi connectivity index (χ1) is 8.01. The first-order valence-electron chi connectivity index (χ1n) is 6.78. The van der Waals surface area contributed by atoms with Gasteiger partial charge in [0.15, 0.2) is 0 Å². The van der Waals surface area contributed by atoms with Crippen molar-refractivity contribution >= 4 is 0 Å². The molecule has 0 aliphatic carbocycles. The molecule has 1 saturated heterocycles. The molecule has 1 aliphatic rings. The Balaban J connectivity index is 2.10. The molecule has 0 atom stereocenters. The second kappa shape index (κ2) is 4.81. The van der Waals surface area contributed by atoms with Crippen molar-refractivity contribution in [2.45, 2.75) is 40.5 Å². The van der Waals surface area contributed by atoms with Crippen LogP contribution in [0.2, 0.25) is 0 Å². The zero-order valence-corrected chi connectivity index (χ0v) is 11.6. The van der Waals surface area contributed by atoms with Crippen LogP contribution in [-0.2, 0) is 6.42 Å². The minimum atomic E-state index is 0.524. The van der Waals surface area contributed by atoms with E-state index in [2.05, 4.69) is 51.2 Å². The Bertz CT molecular complexity index is 389. The van der Waals surface area contributed by atoms with Gasteiger partial charge < -0.3 is 5.32 Å². The number of hydrogen-bond acceptors (Lipinski definition) is 1. The third-order valence-corrected chi connectivity index (χ3v) is 3.99. The van der Waals surface area contributed by atoms with Crippen molar-refractivity contribution in [3.05, 3.63) is 34.9 Å². The molecule has 0 saturated carbocycles. The second-order valence-corrected chi connectivity index (χ2v) is 6.30. The van der Waals surface area contributed by atoms with Crippen LogP contribution in [0.15, 0.2) is 18.2 Å². The zero-order chi connectivity index (χ0) is 12.5. The quantitative estimate of drug-likeness (QED) is 0.836. The van der Waals surface area contributed by atoms with E-state index in [0.29, 0.717) is 5.41 Å². The molecule has 2 rings (SSSR count). The number of rotatable bonds is 4. The van der Waals surface area contributed by atoms with Gasteiger partial charge in [-0.1, -0.05) is 32.0 Å². The molecule has 0 unspecified atom stereocenters. The van der Waals surface area contributed by atoms with Crippen LogP contribution in [0.25, 0.3) is 0 Å². The molecule has 17 heavy (non-hydrogen) atoms. The summed E-state index contributed by atoms with van der Waals surface area (Å²) < 4.78 is 0. The Hall–Kier alpha value is -0.820. The van der Waals surface area contributed by atoms with E-state index in [1.807, 2.05) is 0 Å². The van der Waals surface area contributed by atoms with E-state index in [9.17, 15) is 0 Å². The lowest BCUT2D eigenvalue weighted by Crippen LogP contribution is -2.55. The van der Waals surface area contributed by atoms with Gasteiger partial charge in [-0.3, -0.25) is 0 Å². The van der Waals surface area contributed by atoms with Crippen LogP contribution in [0.4, 0.5) is 0 Å². The van der Waals surface area contributed by atoms with Crippen molar-refractivity contribution in [2.24, 2.45) is 11.3 Å². The fraction of sp³-hybridized carbons (Fsp3) is 0.625. The molecule has 1 aromatic rings. The van der Waals surface area contributed by atoms with Gasteiger partial charge in [0.1, 0.15) is 0 Å². The van der Waals surface area contributed by atoms with Gasteiger partial charge in [-0.05, 0) is 54.7 Å². The highest BCUT2D eigenvalue weighted by molar-refractivity contribution is 5.31. The maximum atomic E-state index is 3.45. The monoisotopic (exact) mass is 231 g/mol. The average Bonchev–Trinajstić information content (AvgIpc) is 2.19. The van der Waals surface area contributed by atoms with Gasteiger partial charge in [-0.25, -0.2) is 0 Å². The lowest BCUT2D eigenvalue weighted by molar-refractivity contribution is 0.131. The molecule has 1 aliphatic heterocycles. The third-order valence-electron chi connectivity index (χ3n) is 3.99. The summed E-state index contributed by atoms with van der Waals surface area (Å²) in [7, 11) is 0. The summed E-state index contributed by atoms with van der Waals surface area (Å²) in [6.45, 7) is 11.5. The van der Waals surface area contributed by atoms with Crippen molar-refractivity contribution in [3.63, 3.8) is 0 Å². The summed E-state index contributed by atoms with van der Waals surface area (Å²) >= 11 is 0. The predicted octanol–water partition coefficient (Wildman–Crippen LogP) is 3.48. The van der Waals surface area contributed by atoms with Crippen molar-refractivity contribution in [1.82, 2.24) is 5.32 Å². The van der Waals surface area contributed by atoms with Crippen molar-refractivity contribution in [1.29, 1.82) is 0 Å². The molecule has 1 N–H and O–H groups in total. The van der Waals surface area contributed by atoms with E-state index in [4.69, 9.17) is 0 Å². The predicted molar refractivity (Wildman–Crippen MR) is 74.4 cm³/mol. The highest BCUT2D eigenvalue weighted by Crippen LogP contribution is 2.34. The van der Waals surface area contributed by atoms with Crippen molar-refractivity contribution in [3.8, 4) is 0 Å². The summed E-state index contributed by atoms with van der Waals surface area (Å²) in [5, 5.41) is 3.45. The van der Waals surface area contributed by atoms with Crippen LogP contribution >= 0.6 is 0 Å². The fourth-order valence-corrected chi connectivity index (χ4v) is 3.03. The van der Waals surface area contributed by atoms with Gasteiger partial charge in [0, 0.05) is 13.1 Å². The molecule has 1 heteroatoms. The molecule has 94 valence electrons. The molecule has 0 bridgehead atoms. The van der Waals surface area contributed by atoms with Crippen LogP contribution in [0.3, 0.4) is 0 Å². The van der Waals surface area contributed by atoms with Gasteiger partial charge >= 0.3 is 0 Å². The molecule has 1 aromatic carbocycles. The number of benzene rings is 1. The molecule has 0 amide bonds. The third kappa shape index (κ3) is 2.90. The lowest BCUT2D eigenvalue weighted by Gasteiger charge is -2.44. The van der Waals surface area contributed by atoms with E-state index in [1.165, 1.54) is 42.6 Å². The summed E-state index contributed by atoms with van der Waals surface area (Å²) in [4.78, 5) is 0. The molecular weight excluding hydrogens is 206 g/mol. The molecule has 0 aromatic heterocycles. The Labute approximate surface area is 106 Å². The molecule has 1 heterocycles. The van der Waals surface area contributed by atoms with Crippen LogP contribution in [0, 0.1) is 25.2 Å². The van der Waals surface area contributed by atoms with Gasteiger partial charge in [-0.2, -0.15) is 0 Å². The lowest BCUT2D eigenvalue weighted by atomic mass is 9.71. The van der Waals surface area contributed by atoms with Crippen LogP contribution in [0.1, 0.15) is 37.0 Å². The smallest absolute Gasteiger partial charge is 0.00235 e. The first-order valence-corrected chi connectivity index (χ1v) is 6.78. The van der Waals surface area contributed by atoms with Crippen molar-refractivity contribution in [2.75, 3.05) is 13.1 Å². The second-order valence-electron chi connectivity index (χ2n) is 6.30.